The monoisotopic (exact) mass is 521 g/mol. The van der Waals surface area contributed by atoms with Gasteiger partial charge in [0.25, 0.3) is 0 Å². The quantitative estimate of drug-likeness (QED) is 0.137. The van der Waals surface area contributed by atoms with Crippen molar-refractivity contribution in [3.8, 4) is 0 Å². The van der Waals surface area contributed by atoms with E-state index in [1.165, 1.54) is 28.4 Å². The lowest BCUT2D eigenvalue weighted by Crippen LogP contribution is -3.03. The maximum absolute atomic E-state index is 10.4. The number of piperidine rings is 1. The lowest BCUT2D eigenvalue weighted by Gasteiger charge is -2.45. The maximum atomic E-state index is 10.4. The van der Waals surface area contributed by atoms with Crippen molar-refractivity contribution in [2.75, 3.05) is 55.4 Å². The second-order valence-electron chi connectivity index (χ2n) is 8.14. The van der Waals surface area contributed by atoms with E-state index >= 15 is 0 Å². The summed E-state index contributed by atoms with van der Waals surface area (Å²) in [7, 11) is 5.97. The van der Waals surface area contributed by atoms with Crippen LogP contribution in [0, 0.1) is 0 Å². The highest BCUT2D eigenvalue weighted by molar-refractivity contribution is 4.94. The van der Waals surface area contributed by atoms with Crippen molar-refractivity contribution in [2.24, 2.45) is 0 Å². The molecule has 0 amide bonds. The highest BCUT2D eigenvalue weighted by Gasteiger charge is 2.50. The van der Waals surface area contributed by atoms with Crippen molar-refractivity contribution in [2.45, 2.75) is 73.9 Å². The predicted molar refractivity (Wildman–Crippen MR) is 110 cm³/mol. The van der Waals surface area contributed by atoms with Crippen LogP contribution in [-0.2, 0) is 37.9 Å². The summed E-state index contributed by atoms with van der Waals surface area (Å²) in [6, 6.07) is -1.12. The Morgan fingerprint density at radius 1 is 0.706 bits per heavy atom. The van der Waals surface area contributed by atoms with Gasteiger partial charge < -0.3 is 76.0 Å². The van der Waals surface area contributed by atoms with Gasteiger partial charge in [0.05, 0.1) is 12.7 Å². The van der Waals surface area contributed by atoms with E-state index in [9.17, 15) is 20.4 Å². The third-order valence-electron chi connectivity index (χ3n) is 6.03. The van der Waals surface area contributed by atoms with Crippen molar-refractivity contribution in [3.05, 3.63) is 0 Å². The maximum Gasteiger partial charge on any atom is 0.186 e. The minimum atomic E-state index is -1.36. The first-order valence-electron chi connectivity index (χ1n) is 10.9. The summed E-state index contributed by atoms with van der Waals surface area (Å²) < 4.78 is 44.4. The molecule has 0 bridgehead atoms. The van der Waals surface area contributed by atoms with E-state index in [0.29, 0.717) is 12.8 Å². The van der Waals surface area contributed by atoms with E-state index < -0.39 is 61.1 Å². The number of nitrogens with two attached hydrogens (primary N) is 1. The summed E-state index contributed by atoms with van der Waals surface area (Å²) in [5, 5.41) is 41.8. The highest BCUT2D eigenvalue weighted by atomic mass is 35.5. The molecule has 0 saturated carbocycles. The number of halogens is 1. The number of quaternary nitrogens is 1. The van der Waals surface area contributed by atoms with E-state index in [4.69, 9.17) is 37.9 Å². The van der Waals surface area contributed by atoms with Gasteiger partial charge in [-0.25, -0.2) is 0 Å². The molecule has 13 nitrogen and oxygen atoms in total. The van der Waals surface area contributed by atoms with E-state index in [1.807, 2.05) is 0 Å². The van der Waals surface area contributed by atoms with Crippen LogP contribution in [0.25, 0.3) is 0 Å². The SMILES string of the molecule is COCO[C@@H]1[C@@H](OCOC)[C@@H](OC)O[C@H](CC[C@H]2[NH2+][C@H](CO)[C@@H](O)[C@H](O)[C@@H]2O)[C@H]1OCOC.[Cl-]. The molecule has 0 aromatic heterocycles. The second-order valence-corrected chi connectivity index (χ2v) is 8.14. The van der Waals surface area contributed by atoms with Crippen LogP contribution < -0.4 is 17.7 Å². The molecule has 2 rings (SSSR count). The van der Waals surface area contributed by atoms with Gasteiger partial charge in [-0.3, -0.25) is 0 Å². The van der Waals surface area contributed by atoms with Gasteiger partial charge >= 0.3 is 0 Å². The molecule has 2 aliphatic rings. The summed E-state index contributed by atoms with van der Waals surface area (Å²) in [5.74, 6) is 0. The number of hydrogen-bond acceptors (Lipinski definition) is 12. The van der Waals surface area contributed by atoms with E-state index in [1.54, 1.807) is 5.32 Å². The van der Waals surface area contributed by atoms with Crippen molar-refractivity contribution >= 4 is 0 Å². The molecule has 0 aliphatic carbocycles. The molecule has 6 N–H and O–H groups in total. The molecule has 0 aromatic carbocycles. The summed E-state index contributed by atoms with van der Waals surface area (Å²) in [5.41, 5.74) is 0. The molecule has 14 heteroatoms. The first kappa shape index (κ1) is 31.8. The molecule has 2 heterocycles. The van der Waals surface area contributed by atoms with Crippen molar-refractivity contribution < 1.29 is 76.0 Å². The summed E-state index contributed by atoms with van der Waals surface area (Å²) in [4.78, 5) is 0. The fourth-order valence-electron chi connectivity index (χ4n) is 4.35. The van der Waals surface area contributed by atoms with Crippen LogP contribution in [0.1, 0.15) is 12.8 Å². The smallest absolute Gasteiger partial charge is 0.186 e. The van der Waals surface area contributed by atoms with Gasteiger partial charge in [-0.05, 0) is 6.42 Å². The van der Waals surface area contributed by atoms with Gasteiger partial charge in [0.1, 0.15) is 69.1 Å². The Morgan fingerprint density at radius 2 is 1.24 bits per heavy atom. The Labute approximate surface area is 205 Å². The third kappa shape index (κ3) is 8.15. The van der Waals surface area contributed by atoms with Gasteiger partial charge in [0, 0.05) is 34.9 Å². The molecule has 0 unspecified atom stereocenters. The number of aliphatic hydroxyl groups excluding tert-OH is 4. The van der Waals surface area contributed by atoms with Crippen molar-refractivity contribution in [1.82, 2.24) is 0 Å². The van der Waals surface area contributed by atoms with Crippen LogP contribution in [0.2, 0.25) is 0 Å². The normalized spacial score (nSPS) is 38.5. The van der Waals surface area contributed by atoms with Gasteiger partial charge in [0.2, 0.25) is 0 Å². The largest absolute Gasteiger partial charge is 1.00 e. The lowest BCUT2D eigenvalue weighted by molar-refractivity contribution is -0.749. The predicted octanol–water partition coefficient (Wildman–Crippen LogP) is -6.50. The number of hydrogen-bond donors (Lipinski definition) is 5. The first-order valence-corrected chi connectivity index (χ1v) is 10.9. The van der Waals surface area contributed by atoms with Gasteiger partial charge in [-0.2, -0.15) is 0 Å². The molecular formula is C20H40ClNO12. The van der Waals surface area contributed by atoms with Gasteiger partial charge in [-0.15, -0.1) is 0 Å². The van der Waals surface area contributed by atoms with Gasteiger partial charge in [0.15, 0.2) is 6.29 Å². The Kier molecular flexibility index (Phi) is 15.4. The van der Waals surface area contributed by atoms with E-state index in [0.717, 1.165) is 0 Å². The number of rotatable bonds is 14. The van der Waals surface area contributed by atoms with Crippen LogP contribution >= 0.6 is 0 Å². The molecular weight excluding hydrogens is 482 g/mol. The van der Waals surface area contributed by atoms with E-state index in [2.05, 4.69) is 0 Å². The third-order valence-corrected chi connectivity index (χ3v) is 6.03. The van der Waals surface area contributed by atoms with Crippen LogP contribution in [0.3, 0.4) is 0 Å². The lowest BCUT2D eigenvalue weighted by atomic mass is 9.86. The molecule has 2 aliphatic heterocycles. The number of methoxy groups -OCH3 is 4. The van der Waals surface area contributed by atoms with Crippen LogP contribution in [0.15, 0.2) is 0 Å². The average Bonchev–Trinajstić information content (AvgIpc) is 2.83. The van der Waals surface area contributed by atoms with Crippen LogP contribution in [0.5, 0.6) is 0 Å². The zero-order valence-electron chi connectivity index (χ0n) is 20.0. The number of aliphatic hydroxyl groups is 4. The average molecular weight is 522 g/mol. The van der Waals surface area contributed by atoms with Crippen molar-refractivity contribution in [1.29, 1.82) is 0 Å². The minimum absolute atomic E-state index is 0. The molecule has 0 aromatic rings. The molecule has 2 fully saturated rings. The standard InChI is InChI=1S/C20H39NO12.ClH/c1-26-8-30-17-13(6-5-11-14(23)16(25)15(24)12(7-22)21-11)33-20(29-4)19(32-10-28-3)18(17)31-9-27-2;/h11-25H,5-10H2,1-4H3;1H/t11-,12-,13-,14-,15-,16-,17-,18+,19-,20+;/m1./s1. The fourth-order valence-corrected chi connectivity index (χ4v) is 4.35. The molecule has 10 atom stereocenters. The Bertz CT molecular complexity index is 536. The Balaban J connectivity index is 0.00000578. The van der Waals surface area contributed by atoms with Gasteiger partial charge in [-0.1, -0.05) is 0 Å². The summed E-state index contributed by atoms with van der Waals surface area (Å²) >= 11 is 0. The summed E-state index contributed by atoms with van der Waals surface area (Å²) in [6.45, 7) is -0.404. The fraction of sp³-hybridized carbons (Fsp3) is 1.00. The number of ether oxygens (including phenoxy) is 8. The van der Waals surface area contributed by atoms with Crippen molar-refractivity contribution in [3.63, 3.8) is 0 Å². The van der Waals surface area contributed by atoms with E-state index in [-0.39, 0.29) is 39.4 Å². The molecule has 34 heavy (non-hydrogen) atoms. The van der Waals surface area contributed by atoms with Crippen LogP contribution in [-0.4, -0.2) is 137 Å². The minimum Gasteiger partial charge on any atom is -1.00 e. The Morgan fingerprint density at radius 3 is 1.76 bits per heavy atom. The zero-order valence-corrected chi connectivity index (χ0v) is 20.8. The second kappa shape index (κ2) is 16.5. The topological polar surface area (TPSA) is 171 Å². The molecule has 204 valence electrons. The first-order chi connectivity index (χ1) is 15.9. The molecule has 0 spiro atoms. The zero-order chi connectivity index (χ0) is 24.4. The van der Waals surface area contributed by atoms with Crippen LogP contribution in [0.4, 0.5) is 0 Å². The molecule has 2 saturated heterocycles. The Hall–Kier alpha value is -0.230. The molecule has 0 radical (unpaired) electrons. The summed E-state index contributed by atoms with van der Waals surface area (Å²) in [6.07, 6.45) is -6.33. The highest BCUT2D eigenvalue weighted by Crippen LogP contribution is 2.31.